The van der Waals surface area contributed by atoms with E-state index in [0.29, 0.717) is 5.92 Å². The number of hydrogen-bond acceptors (Lipinski definition) is 3. The molecule has 1 aromatic rings. The lowest BCUT2D eigenvalue weighted by Gasteiger charge is -2.35. The summed E-state index contributed by atoms with van der Waals surface area (Å²) >= 11 is 0. The van der Waals surface area contributed by atoms with E-state index in [2.05, 4.69) is 9.97 Å². The van der Waals surface area contributed by atoms with Crippen LogP contribution in [-0.4, -0.2) is 39.4 Å². The first-order valence-corrected chi connectivity index (χ1v) is 6.06. The van der Waals surface area contributed by atoms with Gasteiger partial charge in [-0.2, -0.15) is 0 Å². The first kappa shape index (κ1) is 12.1. The Morgan fingerprint density at radius 1 is 1.53 bits per heavy atom. The van der Waals surface area contributed by atoms with Gasteiger partial charge in [0.05, 0.1) is 5.54 Å². The van der Waals surface area contributed by atoms with Crippen LogP contribution < -0.4 is 5.73 Å². The van der Waals surface area contributed by atoms with Crippen LogP contribution in [0.3, 0.4) is 0 Å². The van der Waals surface area contributed by atoms with Gasteiger partial charge in [-0.15, -0.1) is 0 Å². The molecule has 1 fully saturated rings. The van der Waals surface area contributed by atoms with E-state index in [0.717, 1.165) is 31.8 Å². The Morgan fingerprint density at radius 2 is 2.18 bits per heavy atom. The number of aromatic nitrogens is 2. The van der Waals surface area contributed by atoms with Crippen molar-refractivity contribution in [3.05, 3.63) is 18.2 Å². The molecule has 17 heavy (non-hydrogen) atoms. The van der Waals surface area contributed by atoms with Crippen molar-refractivity contribution in [1.29, 1.82) is 0 Å². The fraction of sp³-hybridized carbons (Fsp3) is 0.667. The zero-order chi connectivity index (χ0) is 12.5. The highest BCUT2D eigenvalue weighted by Gasteiger charge is 2.31. The standard InChI is InChI=1S/C12H20N4O/c1-12(2,13)11(17)16-7-3-9(4-8-16)10-14-5-6-15-10/h5-6,9H,3-4,7-8,13H2,1-2H3,(H,14,15). The van der Waals surface area contributed by atoms with Crippen LogP contribution in [0.5, 0.6) is 0 Å². The summed E-state index contributed by atoms with van der Waals surface area (Å²) < 4.78 is 0. The van der Waals surface area contributed by atoms with Gasteiger partial charge in [0.15, 0.2) is 0 Å². The first-order chi connectivity index (χ1) is 7.98. The summed E-state index contributed by atoms with van der Waals surface area (Å²) in [7, 11) is 0. The van der Waals surface area contributed by atoms with E-state index in [1.165, 1.54) is 0 Å². The predicted octanol–water partition coefficient (Wildman–Crippen LogP) is 0.853. The van der Waals surface area contributed by atoms with Crippen molar-refractivity contribution >= 4 is 5.91 Å². The van der Waals surface area contributed by atoms with Gasteiger partial charge in [-0.1, -0.05) is 0 Å². The molecule has 0 aromatic carbocycles. The monoisotopic (exact) mass is 236 g/mol. The number of nitrogens with zero attached hydrogens (tertiary/aromatic N) is 2. The summed E-state index contributed by atoms with van der Waals surface area (Å²) in [4.78, 5) is 21.3. The third-order valence-electron chi connectivity index (χ3n) is 3.24. The van der Waals surface area contributed by atoms with Gasteiger partial charge in [-0.25, -0.2) is 4.98 Å². The highest BCUT2D eigenvalue weighted by molar-refractivity contribution is 5.85. The number of rotatable bonds is 2. The number of imidazole rings is 1. The molecular formula is C12H20N4O. The van der Waals surface area contributed by atoms with Gasteiger partial charge in [-0.05, 0) is 26.7 Å². The molecule has 1 aliphatic heterocycles. The molecule has 94 valence electrons. The van der Waals surface area contributed by atoms with Crippen molar-refractivity contribution in [2.75, 3.05) is 13.1 Å². The predicted molar refractivity (Wildman–Crippen MR) is 65.4 cm³/mol. The maximum Gasteiger partial charge on any atom is 0.242 e. The zero-order valence-electron chi connectivity index (χ0n) is 10.4. The van der Waals surface area contributed by atoms with E-state index >= 15 is 0 Å². The van der Waals surface area contributed by atoms with Crippen LogP contribution in [0.4, 0.5) is 0 Å². The lowest BCUT2D eigenvalue weighted by molar-refractivity contribution is -0.136. The molecule has 2 rings (SSSR count). The van der Waals surface area contributed by atoms with Gasteiger partial charge in [0, 0.05) is 31.4 Å². The number of carbonyl (C=O) groups is 1. The summed E-state index contributed by atoms with van der Waals surface area (Å²) in [6.07, 6.45) is 5.52. The molecule has 5 heteroatoms. The Morgan fingerprint density at radius 3 is 2.65 bits per heavy atom. The molecular weight excluding hydrogens is 216 g/mol. The molecule has 1 saturated heterocycles. The van der Waals surface area contributed by atoms with Crippen molar-refractivity contribution in [2.24, 2.45) is 5.73 Å². The minimum Gasteiger partial charge on any atom is -0.348 e. The van der Waals surface area contributed by atoms with E-state index in [-0.39, 0.29) is 5.91 Å². The molecule has 1 aromatic heterocycles. The second kappa shape index (κ2) is 4.49. The fourth-order valence-corrected chi connectivity index (χ4v) is 2.26. The highest BCUT2D eigenvalue weighted by atomic mass is 16.2. The molecule has 3 N–H and O–H groups in total. The number of H-pyrrole nitrogens is 1. The molecule has 0 atom stereocenters. The Bertz CT molecular complexity index is 372. The maximum atomic E-state index is 12.0. The summed E-state index contributed by atoms with van der Waals surface area (Å²) in [6, 6.07) is 0. The largest absolute Gasteiger partial charge is 0.348 e. The Balaban J connectivity index is 1.93. The lowest BCUT2D eigenvalue weighted by Crippen LogP contribution is -2.53. The minimum absolute atomic E-state index is 0.0374. The van der Waals surface area contributed by atoms with Crippen LogP contribution in [0.2, 0.25) is 0 Å². The zero-order valence-corrected chi connectivity index (χ0v) is 10.4. The summed E-state index contributed by atoms with van der Waals surface area (Å²) in [5, 5.41) is 0. The number of likely N-dealkylation sites (tertiary alicyclic amines) is 1. The number of nitrogens with one attached hydrogen (secondary N) is 1. The van der Waals surface area contributed by atoms with E-state index in [9.17, 15) is 4.79 Å². The van der Waals surface area contributed by atoms with Crippen LogP contribution in [-0.2, 0) is 4.79 Å². The minimum atomic E-state index is -0.766. The Labute approximate surface area is 101 Å². The number of piperidine rings is 1. The molecule has 2 heterocycles. The normalized spacial score (nSPS) is 18.4. The fourth-order valence-electron chi connectivity index (χ4n) is 2.26. The average molecular weight is 236 g/mol. The number of aromatic amines is 1. The molecule has 0 unspecified atom stereocenters. The molecule has 1 aliphatic rings. The van der Waals surface area contributed by atoms with Crippen molar-refractivity contribution in [3.8, 4) is 0 Å². The summed E-state index contributed by atoms with van der Waals surface area (Å²) in [5.74, 6) is 1.51. The third-order valence-corrected chi connectivity index (χ3v) is 3.24. The highest BCUT2D eigenvalue weighted by Crippen LogP contribution is 2.26. The molecule has 5 nitrogen and oxygen atoms in total. The van der Waals surface area contributed by atoms with E-state index < -0.39 is 5.54 Å². The van der Waals surface area contributed by atoms with Gasteiger partial charge in [0.25, 0.3) is 0 Å². The number of nitrogens with two attached hydrogens (primary N) is 1. The smallest absolute Gasteiger partial charge is 0.242 e. The van der Waals surface area contributed by atoms with Gasteiger partial charge in [0.1, 0.15) is 5.82 Å². The molecule has 0 bridgehead atoms. The topological polar surface area (TPSA) is 75.0 Å². The van der Waals surface area contributed by atoms with Crippen molar-refractivity contribution in [2.45, 2.75) is 38.1 Å². The van der Waals surface area contributed by atoms with Crippen LogP contribution in [0, 0.1) is 0 Å². The molecule has 0 spiro atoms. The molecule has 0 aliphatic carbocycles. The van der Waals surface area contributed by atoms with Gasteiger partial charge in [-0.3, -0.25) is 4.79 Å². The first-order valence-electron chi connectivity index (χ1n) is 6.06. The third kappa shape index (κ3) is 2.66. The Hall–Kier alpha value is -1.36. The van der Waals surface area contributed by atoms with Gasteiger partial charge >= 0.3 is 0 Å². The van der Waals surface area contributed by atoms with E-state index in [1.54, 1.807) is 20.0 Å². The Kier molecular flexibility index (Phi) is 3.19. The van der Waals surface area contributed by atoms with Crippen LogP contribution in [0.25, 0.3) is 0 Å². The van der Waals surface area contributed by atoms with E-state index in [1.807, 2.05) is 11.1 Å². The lowest BCUT2D eigenvalue weighted by atomic mass is 9.94. The summed E-state index contributed by atoms with van der Waals surface area (Å²) in [6.45, 7) is 5.05. The number of carbonyl (C=O) groups excluding carboxylic acids is 1. The van der Waals surface area contributed by atoms with Crippen LogP contribution in [0.1, 0.15) is 38.4 Å². The SMILES string of the molecule is CC(C)(N)C(=O)N1CCC(c2ncc[nH]2)CC1. The van der Waals surface area contributed by atoms with Crippen LogP contribution >= 0.6 is 0 Å². The number of hydrogen-bond donors (Lipinski definition) is 2. The second-order valence-electron chi connectivity index (χ2n) is 5.26. The summed E-state index contributed by atoms with van der Waals surface area (Å²) in [5.41, 5.74) is 5.06. The maximum absolute atomic E-state index is 12.0. The quantitative estimate of drug-likeness (QED) is 0.799. The van der Waals surface area contributed by atoms with Gasteiger partial charge < -0.3 is 15.6 Å². The molecule has 0 radical (unpaired) electrons. The molecule has 1 amide bonds. The van der Waals surface area contributed by atoms with Crippen LogP contribution in [0.15, 0.2) is 12.4 Å². The van der Waals surface area contributed by atoms with Crippen molar-refractivity contribution in [3.63, 3.8) is 0 Å². The molecule has 0 saturated carbocycles. The van der Waals surface area contributed by atoms with Gasteiger partial charge in [0.2, 0.25) is 5.91 Å². The number of amides is 1. The van der Waals surface area contributed by atoms with E-state index in [4.69, 9.17) is 5.73 Å². The van der Waals surface area contributed by atoms with Crippen molar-refractivity contribution < 1.29 is 4.79 Å². The van der Waals surface area contributed by atoms with Crippen molar-refractivity contribution in [1.82, 2.24) is 14.9 Å². The second-order valence-corrected chi connectivity index (χ2v) is 5.26. The average Bonchev–Trinajstić information content (AvgIpc) is 2.80.